The number of amides is 2. The van der Waals surface area contributed by atoms with E-state index in [4.69, 9.17) is 0 Å². The molecule has 0 heterocycles. The van der Waals surface area contributed by atoms with Gasteiger partial charge in [-0.15, -0.1) is 11.8 Å². The molecule has 4 nitrogen and oxygen atoms in total. The quantitative estimate of drug-likeness (QED) is 0.820. The summed E-state index contributed by atoms with van der Waals surface area (Å²) < 4.78 is 0. The monoisotopic (exact) mass is 308 g/mol. The van der Waals surface area contributed by atoms with Crippen molar-refractivity contribution in [2.45, 2.75) is 37.2 Å². The molecule has 2 amide bonds. The van der Waals surface area contributed by atoms with Crippen molar-refractivity contribution in [1.82, 2.24) is 4.90 Å². The number of benzene rings is 1. The Morgan fingerprint density at radius 3 is 2.95 bits per heavy atom. The van der Waals surface area contributed by atoms with Crippen molar-refractivity contribution in [2.24, 2.45) is 5.92 Å². The number of rotatable bonds is 5. The molecular weight excluding hydrogens is 284 g/mol. The van der Waals surface area contributed by atoms with Crippen molar-refractivity contribution in [3.05, 3.63) is 24.3 Å². The fraction of sp³-hybridized carbons (Fsp3) is 0.562. The summed E-state index contributed by atoms with van der Waals surface area (Å²) >= 11 is 1.75. The minimum absolute atomic E-state index is 0.118. The highest BCUT2D eigenvalue weighted by atomic mass is 32.2. The lowest BCUT2D eigenvalue weighted by Crippen LogP contribution is -2.37. The summed E-state index contributed by atoms with van der Waals surface area (Å²) in [6, 6.07) is 7.77. The predicted molar refractivity (Wildman–Crippen MR) is 87.8 cm³/mol. The molecule has 0 aliphatic heterocycles. The number of carbonyl (C=O) groups excluding carboxylic acids is 1. The molecule has 21 heavy (non-hydrogen) atoms. The van der Waals surface area contributed by atoms with Gasteiger partial charge in [0, 0.05) is 30.1 Å². The van der Waals surface area contributed by atoms with Gasteiger partial charge in [-0.05, 0) is 36.8 Å². The normalized spacial score (nSPS) is 21.3. The van der Waals surface area contributed by atoms with Crippen LogP contribution in [0.25, 0.3) is 0 Å². The lowest BCUT2D eigenvalue weighted by Gasteiger charge is -2.23. The molecule has 1 aromatic carbocycles. The van der Waals surface area contributed by atoms with Crippen LogP contribution in [0.15, 0.2) is 29.2 Å². The Kier molecular flexibility index (Phi) is 5.94. The topological polar surface area (TPSA) is 52.6 Å². The third kappa shape index (κ3) is 4.64. The molecule has 2 N–H and O–H groups in total. The van der Waals surface area contributed by atoms with Crippen LogP contribution < -0.4 is 5.32 Å². The fourth-order valence-electron chi connectivity index (χ4n) is 2.71. The number of hydrogen-bond donors (Lipinski definition) is 2. The van der Waals surface area contributed by atoms with E-state index in [1.54, 1.807) is 23.7 Å². The van der Waals surface area contributed by atoms with E-state index in [9.17, 15) is 9.90 Å². The van der Waals surface area contributed by atoms with Gasteiger partial charge in [0.1, 0.15) is 0 Å². The summed E-state index contributed by atoms with van der Waals surface area (Å²) in [7, 11) is 1.78. The van der Waals surface area contributed by atoms with Gasteiger partial charge in [-0.1, -0.05) is 19.4 Å². The van der Waals surface area contributed by atoms with E-state index in [1.807, 2.05) is 24.3 Å². The zero-order valence-electron chi connectivity index (χ0n) is 12.7. The zero-order valence-corrected chi connectivity index (χ0v) is 13.5. The standard InChI is InChI=1S/C16H24N2O2S/c1-3-21-14-8-5-7-13(10-14)17-16(20)18(2)11-12-6-4-9-15(12)19/h5,7-8,10,12,15,19H,3-4,6,9,11H2,1-2H3,(H,17,20). The number of aliphatic hydroxyl groups excluding tert-OH is 1. The summed E-state index contributed by atoms with van der Waals surface area (Å²) in [6.07, 6.45) is 2.65. The molecule has 0 aromatic heterocycles. The highest BCUT2D eigenvalue weighted by molar-refractivity contribution is 7.99. The van der Waals surface area contributed by atoms with Gasteiger partial charge in [0.15, 0.2) is 0 Å². The predicted octanol–water partition coefficient (Wildman–Crippen LogP) is 3.42. The number of anilines is 1. The van der Waals surface area contributed by atoms with Crippen LogP contribution in [0.3, 0.4) is 0 Å². The summed E-state index contributed by atoms with van der Waals surface area (Å²) in [6.45, 7) is 2.72. The number of carbonyl (C=O) groups is 1. The molecule has 1 fully saturated rings. The van der Waals surface area contributed by atoms with E-state index >= 15 is 0 Å². The molecule has 2 atom stereocenters. The Balaban J connectivity index is 1.89. The molecule has 116 valence electrons. The number of nitrogens with one attached hydrogen (secondary N) is 1. The number of hydrogen-bond acceptors (Lipinski definition) is 3. The number of urea groups is 1. The minimum atomic E-state index is -0.260. The van der Waals surface area contributed by atoms with Gasteiger partial charge in [-0.25, -0.2) is 4.79 Å². The van der Waals surface area contributed by atoms with E-state index in [2.05, 4.69) is 12.2 Å². The van der Waals surface area contributed by atoms with Crippen LogP contribution in [0, 0.1) is 5.92 Å². The Labute approximate surface area is 130 Å². The van der Waals surface area contributed by atoms with Gasteiger partial charge >= 0.3 is 6.03 Å². The largest absolute Gasteiger partial charge is 0.393 e. The van der Waals surface area contributed by atoms with Gasteiger partial charge in [-0.2, -0.15) is 0 Å². The van der Waals surface area contributed by atoms with Crippen molar-refractivity contribution in [1.29, 1.82) is 0 Å². The molecule has 1 aliphatic carbocycles. The summed E-state index contributed by atoms with van der Waals surface area (Å²) in [5, 5.41) is 12.8. The maximum absolute atomic E-state index is 12.2. The highest BCUT2D eigenvalue weighted by Gasteiger charge is 2.27. The molecule has 1 aliphatic rings. The second-order valence-electron chi connectivity index (χ2n) is 5.53. The Morgan fingerprint density at radius 2 is 2.29 bits per heavy atom. The number of nitrogens with zero attached hydrogens (tertiary/aromatic N) is 1. The Morgan fingerprint density at radius 1 is 1.48 bits per heavy atom. The molecule has 2 unspecified atom stereocenters. The molecule has 2 rings (SSSR count). The van der Waals surface area contributed by atoms with Gasteiger partial charge < -0.3 is 15.3 Å². The van der Waals surface area contributed by atoms with Gasteiger partial charge in [0.25, 0.3) is 0 Å². The average Bonchev–Trinajstić information content (AvgIpc) is 2.85. The molecule has 5 heteroatoms. The van der Waals surface area contributed by atoms with Crippen molar-refractivity contribution < 1.29 is 9.90 Å². The Bertz CT molecular complexity index is 481. The van der Waals surface area contributed by atoms with Crippen LogP contribution in [-0.4, -0.2) is 41.5 Å². The first-order valence-electron chi connectivity index (χ1n) is 7.53. The maximum atomic E-state index is 12.2. The second kappa shape index (κ2) is 7.71. The lowest BCUT2D eigenvalue weighted by atomic mass is 10.1. The smallest absolute Gasteiger partial charge is 0.321 e. The number of aliphatic hydroxyl groups is 1. The third-order valence-electron chi connectivity index (χ3n) is 3.87. The van der Waals surface area contributed by atoms with Crippen LogP contribution in [0.5, 0.6) is 0 Å². The van der Waals surface area contributed by atoms with Gasteiger partial charge in [0.2, 0.25) is 0 Å². The minimum Gasteiger partial charge on any atom is -0.393 e. The molecule has 0 spiro atoms. The van der Waals surface area contributed by atoms with Crippen molar-refractivity contribution in [2.75, 3.05) is 24.7 Å². The third-order valence-corrected chi connectivity index (χ3v) is 4.75. The molecule has 0 saturated heterocycles. The van der Waals surface area contributed by atoms with E-state index in [1.165, 1.54) is 0 Å². The molecule has 0 radical (unpaired) electrons. The molecule has 1 saturated carbocycles. The molecule has 0 bridgehead atoms. The summed E-state index contributed by atoms with van der Waals surface area (Å²) in [5.41, 5.74) is 0.817. The molecular formula is C16H24N2O2S. The van der Waals surface area contributed by atoms with E-state index < -0.39 is 0 Å². The first-order valence-corrected chi connectivity index (χ1v) is 8.51. The summed E-state index contributed by atoms with van der Waals surface area (Å²) in [5.74, 6) is 1.22. The van der Waals surface area contributed by atoms with E-state index in [0.29, 0.717) is 6.54 Å². The first-order chi connectivity index (χ1) is 10.1. The van der Waals surface area contributed by atoms with Crippen LogP contribution in [-0.2, 0) is 0 Å². The number of thioether (sulfide) groups is 1. The highest BCUT2D eigenvalue weighted by Crippen LogP contribution is 2.26. The van der Waals surface area contributed by atoms with Crippen molar-refractivity contribution in [3.63, 3.8) is 0 Å². The zero-order chi connectivity index (χ0) is 15.2. The van der Waals surface area contributed by atoms with Gasteiger partial charge in [-0.3, -0.25) is 0 Å². The van der Waals surface area contributed by atoms with Crippen molar-refractivity contribution >= 4 is 23.5 Å². The van der Waals surface area contributed by atoms with Crippen LogP contribution in [0.2, 0.25) is 0 Å². The van der Waals surface area contributed by atoms with Crippen LogP contribution >= 0.6 is 11.8 Å². The van der Waals surface area contributed by atoms with Crippen LogP contribution in [0.4, 0.5) is 10.5 Å². The first kappa shape index (κ1) is 16.2. The lowest BCUT2D eigenvalue weighted by molar-refractivity contribution is 0.116. The van der Waals surface area contributed by atoms with Crippen LogP contribution in [0.1, 0.15) is 26.2 Å². The van der Waals surface area contributed by atoms with Crippen molar-refractivity contribution in [3.8, 4) is 0 Å². The summed E-state index contributed by atoms with van der Waals surface area (Å²) in [4.78, 5) is 15.0. The SMILES string of the molecule is CCSc1cccc(NC(=O)N(C)CC2CCCC2O)c1. The van der Waals surface area contributed by atoms with E-state index in [-0.39, 0.29) is 18.1 Å². The molecule has 1 aromatic rings. The maximum Gasteiger partial charge on any atom is 0.321 e. The average molecular weight is 308 g/mol. The fourth-order valence-corrected chi connectivity index (χ4v) is 3.43. The Hall–Kier alpha value is -1.20. The second-order valence-corrected chi connectivity index (χ2v) is 6.87. The van der Waals surface area contributed by atoms with Gasteiger partial charge in [0.05, 0.1) is 6.10 Å². The van der Waals surface area contributed by atoms with E-state index in [0.717, 1.165) is 35.6 Å².